The number of sulfone groups is 1. The van der Waals surface area contributed by atoms with Gasteiger partial charge in [0.1, 0.15) is 23.4 Å². The Labute approximate surface area is 226 Å². The number of hydroxylamine groups is 1. The molecule has 0 heterocycles. The lowest BCUT2D eigenvalue weighted by molar-refractivity contribution is -0.134. The monoisotopic (exact) mass is 564 g/mol. The number of alkyl carbamates (subject to hydrolysis) is 1. The highest BCUT2D eigenvalue weighted by Crippen LogP contribution is 2.18. The van der Waals surface area contributed by atoms with Crippen LogP contribution in [0.15, 0.2) is 59.5 Å². The van der Waals surface area contributed by atoms with E-state index in [0.717, 1.165) is 0 Å². The maximum absolute atomic E-state index is 12.9. The Bertz CT molecular complexity index is 1260. The van der Waals surface area contributed by atoms with Gasteiger partial charge in [-0.1, -0.05) is 30.3 Å². The third kappa shape index (κ3) is 9.90. The summed E-state index contributed by atoms with van der Waals surface area (Å²) in [7, 11) is -2.67. The molecule has 0 aliphatic heterocycles. The van der Waals surface area contributed by atoms with Crippen LogP contribution >= 0.6 is 0 Å². The lowest BCUT2D eigenvalue weighted by Gasteiger charge is -2.23. The Morgan fingerprint density at radius 2 is 1.54 bits per heavy atom. The average molecular weight is 565 g/mol. The van der Waals surface area contributed by atoms with E-state index in [2.05, 4.69) is 16.0 Å². The first-order valence-corrected chi connectivity index (χ1v) is 13.3. The average Bonchev–Trinajstić information content (AvgIpc) is 2.89. The highest BCUT2D eigenvalue weighted by atomic mass is 32.2. The number of hydrogen-bond acceptors (Lipinski definition) is 9. The SMILES string of the molecule is COc1ccc(S(=O)(=O)CC(NC(=O)CNC(=O)C(NC(=O)OC(C)(C)C)c2ccccc2)C(=O)NO)cc1. The van der Waals surface area contributed by atoms with E-state index in [1.54, 1.807) is 51.1 Å². The number of nitrogens with one attached hydrogen (secondary N) is 4. The largest absolute Gasteiger partial charge is 0.497 e. The summed E-state index contributed by atoms with van der Waals surface area (Å²) >= 11 is 0. The Kier molecular flexibility index (Phi) is 10.8. The zero-order valence-electron chi connectivity index (χ0n) is 21.9. The van der Waals surface area contributed by atoms with E-state index in [4.69, 9.17) is 14.7 Å². The Morgan fingerprint density at radius 3 is 2.08 bits per heavy atom. The quantitative estimate of drug-likeness (QED) is 0.195. The van der Waals surface area contributed by atoms with Gasteiger partial charge in [-0.05, 0) is 50.6 Å². The maximum Gasteiger partial charge on any atom is 0.408 e. The molecule has 2 atom stereocenters. The number of carbonyl (C=O) groups is 4. The van der Waals surface area contributed by atoms with Crippen LogP contribution in [0.1, 0.15) is 32.4 Å². The van der Waals surface area contributed by atoms with Crippen molar-refractivity contribution in [3.63, 3.8) is 0 Å². The van der Waals surface area contributed by atoms with Crippen LogP contribution in [-0.2, 0) is 29.0 Å². The predicted octanol–water partition coefficient (Wildman–Crippen LogP) is 0.841. The van der Waals surface area contributed by atoms with Crippen molar-refractivity contribution in [1.82, 2.24) is 21.4 Å². The van der Waals surface area contributed by atoms with Gasteiger partial charge in [-0.3, -0.25) is 19.6 Å². The molecule has 2 rings (SSSR count). The molecular weight excluding hydrogens is 532 g/mol. The molecule has 2 aromatic carbocycles. The minimum atomic E-state index is -4.09. The van der Waals surface area contributed by atoms with E-state index in [0.29, 0.717) is 11.3 Å². The summed E-state index contributed by atoms with van der Waals surface area (Å²) in [4.78, 5) is 49.7. The van der Waals surface area contributed by atoms with Gasteiger partial charge in [-0.25, -0.2) is 18.7 Å². The summed E-state index contributed by atoms with van der Waals surface area (Å²) in [6.45, 7) is 4.29. The van der Waals surface area contributed by atoms with E-state index in [-0.39, 0.29) is 4.90 Å². The minimum absolute atomic E-state index is 0.138. The van der Waals surface area contributed by atoms with Crippen molar-refractivity contribution < 1.29 is 42.3 Å². The van der Waals surface area contributed by atoms with Gasteiger partial charge >= 0.3 is 6.09 Å². The van der Waals surface area contributed by atoms with Gasteiger partial charge in [0, 0.05) is 0 Å². The number of benzene rings is 2. The summed E-state index contributed by atoms with van der Waals surface area (Å²) in [6, 6.07) is 10.7. The number of ether oxygens (including phenoxy) is 2. The predicted molar refractivity (Wildman–Crippen MR) is 138 cm³/mol. The van der Waals surface area contributed by atoms with Gasteiger partial charge in [-0.2, -0.15) is 0 Å². The van der Waals surface area contributed by atoms with Crippen molar-refractivity contribution in [2.24, 2.45) is 0 Å². The molecule has 5 N–H and O–H groups in total. The fourth-order valence-electron chi connectivity index (χ4n) is 3.25. The smallest absolute Gasteiger partial charge is 0.408 e. The van der Waals surface area contributed by atoms with E-state index in [1.807, 2.05) is 0 Å². The second-order valence-corrected chi connectivity index (χ2v) is 11.3. The minimum Gasteiger partial charge on any atom is -0.497 e. The zero-order valence-corrected chi connectivity index (χ0v) is 22.7. The fraction of sp³-hybridized carbons (Fsp3) is 0.360. The molecule has 0 bridgehead atoms. The Morgan fingerprint density at radius 1 is 0.923 bits per heavy atom. The summed E-state index contributed by atoms with van der Waals surface area (Å²) in [6.07, 6.45) is -0.862. The van der Waals surface area contributed by atoms with Crippen LogP contribution in [0.2, 0.25) is 0 Å². The van der Waals surface area contributed by atoms with Crippen LogP contribution in [0.3, 0.4) is 0 Å². The first kappa shape index (κ1) is 31.1. The van der Waals surface area contributed by atoms with E-state index in [9.17, 15) is 27.6 Å². The van der Waals surface area contributed by atoms with Crippen LogP contribution in [0, 0.1) is 0 Å². The summed E-state index contributed by atoms with van der Waals surface area (Å²) in [5.74, 6) is -3.33. The Hall–Kier alpha value is -4.17. The topological polar surface area (TPSA) is 189 Å². The molecule has 0 aromatic heterocycles. The van der Waals surface area contributed by atoms with Gasteiger partial charge in [-0.15, -0.1) is 0 Å². The molecule has 13 nitrogen and oxygen atoms in total. The van der Waals surface area contributed by atoms with Crippen molar-refractivity contribution in [3.8, 4) is 5.75 Å². The standard InChI is InChI=1S/C25H32N4O9S/c1-25(2,3)38-24(33)28-21(16-8-6-5-7-9-16)23(32)26-14-20(30)27-19(22(31)29-34)15-39(35,36)18-12-10-17(37-4)11-13-18/h5-13,19,21,34H,14-15H2,1-4H3,(H,26,32)(H,27,30)(H,28,33)(H,29,31). The number of hydrogen-bond donors (Lipinski definition) is 5. The molecule has 4 amide bonds. The van der Waals surface area contributed by atoms with Gasteiger partial charge < -0.3 is 25.4 Å². The molecule has 0 aliphatic rings. The van der Waals surface area contributed by atoms with Crippen molar-refractivity contribution in [3.05, 3.63) is 60.2 Å². The van der Waals surface area contributed by atoms with Crippen LogP contribution in [0.4, 0.5) is 4.79 Å². The molecule has 212 valence electrons. The number of amides is 4. The van der Waals surface area contributed by atoms with Crippen LogP contribution in [0.5, 0.6) is 5.75 Å². The van der Waals surface area contributed by atoms with E-state index < -0.39 is 63.6 Å². The van der Waals surface area contributed by atoms with Crippen LogP contribution < -0.4 is 26.2 Å². The molecular formula is C25H32N4O9S. The van der Waals surface area contributed by atoms with Crippen LogP contribution in [0.25, 0.3) is 0 Å². The summed E-state index contributed by atoms with van der Waals surface area (Å²) in [5.41, 5.74) is 0.904. The van der Waals surface area contributed by atoms with E-state index >= 15 is 0 Å². The third-order valence-electron chi connectivity index (χ3n) is 5.05. The summed E-state index contributed by atoms with van der Waals surface area (Å²) < 4.78 is 35.8. The summed E-state index contributed by atoms with van der Waals surface area (Å²) in [5, 5.41) is 16.0. The van der Waals surface area contributed by atoms with Gasteiger partial charge in [0.2, 0.25) is 11.8 Å². The van der Waals surface area contributed by atoms with Crippen molar-refractivity contribution >= 4 is 33.7 Å². The third-order valence-corrected chi connectivity index (χ3v) is 6.81. The molecule has 0 saturated carbocycles. The first-order valence-electron chi connectivity index (χ1n) is 11.7. The molecule has 14 heteroatoms. The molecule has 0 aliphatic carbocycles. The second-order valence-electron chi connectivity index (χ2n) is 9.26. The maximum atomic E-state index is 12.9. The Balaban J connectivity index is 2.09. The molecule has 39 heavy (non-hydrogen) atoms. The second kappa shape index (κ2) is 13.6. The lowest BCUT2D eigenvalue weighted by Crippen LogP contribution is -2.52. The molecule has 0 fully saturated rings. The van der Waals surface area contributed by atoms with Crippen molar-refractivity contribution in [2.75, 3.05) is 19.4 Å². The normalized spacial score (nSPS) is 12.8. The van der Waals surface area contributed by atoms with Gasteiger partial charge in [0.15, 0.2) is 9.84 Å². The number of methoxy groups -OCH3 is 1. The number of carbonyl (C=O) groups excluding carboxylic acids is 4. The zero-order chi connectivity index (χ0) is 29.2. The highest BCUT2D eigenvalue weighted by molar-refractivity contribution is 7.91. The van der Waals surface area contributed by atoms with E-state index in [1.165, 1.54) is 36.9 Å². The van der Waals surface area contributed by atoms with Crippen LogP contribution in [-0.4, -0.2) is 68.5 Å². The molecule has 0 radical (unpaired) electrons. The van der Waals surface area contributed by atoms with Gasteiger partial charge in [0.05, 0.1) is 24.3 Å². The fourth-order valence-corrected chi connectivity index (χ4v) is 4.66. The first-order chi connectivity index (χ1) is 18.3. The molecule has 0 saturated heterocycles. The number of rotatable bonds is 11. The van der Waals surface area contributed by atoms with Gasteiger partial charge in [0.25, 0.3) is 5.91 Å². The molecule has 2 unspecified atom stereocenters. The molecule has 0 spiro atoms. The van der Waals surface area contributed by atoms with Crippen molar-refractivity contribution in [1.29, 1.82) is 0 Å². The molecule has 2 aromatic rings. The lowest BCUT2D eigenvalue weighted by atomic mass is 10.1. The van der Waals surface area contributed by atoms with Crippen molar-refractivity contribution in [2.45, 2.75) is 43.4 Å². The highest BCUT2D eigenvalue weighted by Gasteiger charge is 2.30.